The zero-order valence-corrected chi connectivity index (χ0v) is 16.1. The number of carbonyl (C=O) groups is 3. The van der Waals surface area contributed by atoms with Gasteiger partial charge in [-0.05, 0) is 37.6 Å². The van der Waals surface area contributed by atoms with E-state index < -0.39 is 11.2 Å². The van der Waals surface area contributed by atoms with Crippen LogP contribution in [0.5, 0.6) is 0 Å². The van der Waals surface area contributed by atoms with E-state index in [4.69, 9.17) is 4.74 Å². The van der Waals surface area contributed by atoms with Gasteiger partial charge in [0.2, 0.25) is 11.8 Å². The van der Waals surface area contributed by atoms with Crippen molar-refractivity contribution in [2.45, 2.75) is 42.9 Å². The van der Waals surface area contributed by atoms with Crippen LogP contribution in [-0.4, -0.2) is 29.1 Å². The van der Waals surface area contributed by atoms with Gasteiger partial charge in [0.15, 0.2) is 0 Å². The van der Waals surface area contributed by atoms with Crippen LogP contribution >= 0.6 is 11.8 Å². The Labute approximate surface area is 162 Å². The van der Waals surface area contributed by atoms with Gasteiger partial charge in [0.25, 0.3) is 0 Å². The fourth-order valence-corrected chi connectivity index (χ4v) is 3.94. The monoisotopic (exact) mass is 383 g/mol. The molecule has 1 aliphatic rings. The maximum absolute atomic E-state index is 12.8. The van der Waals surface area contributed by atoms with E-state index >= 15 is 0 Å². The van der Waals surface area contributed by atoms with E-state index in [1.807, 2.05) is 19.9 Å². The molecule has 0 bridgehead atoms. The van der Waals surface area contributed by atoms with Crippen molar-refractivity contribution in [2.24, 2.45) is 0 Å². The van der Waals surface area contributed by atoms with Crippen LogP contribution in [0.2, 0.25) is 0 Å². The van der Waals surface area contributed by atoms with Crippen LogP contribution < -0.4 is 4.90 Å². The minimum atomic E-state index is -0.560. The zero-order chi connectivity index (χ0) is 19.4. The average Bonchev–Trinajstić information content (AvgIpc) is 2.96. The van der Waals surface area contributed by atoms with Gasteiger partial charge in [-0.3, -0.25) is 9.59 Å². The van der Waals surface area contributed by atoms with Gasteiger partial charge < -0.3 is 4.74 Å². The Hall–Kier alpha value is -2.60. The summed E-state index contributed by atoms with van der Waals surface area (Å²) in [6.07, 6.45) is 0.648. The molecule has 2 amide bonds. The molecule has 1 heterocycles. The largest absolute Gasteiger partial charge is 0.459 e. The number of carbonyl (C=O) groups excluding carboxylic acids is 3. The first kappa shape index (κ1) is 19.2. The van der Waals surface area contributed by atoms with Crippen molar-refractivity contribution < 1.29 is 19.1 Å². The molecular formula is C21H21NO4S. The highest BCUT2D eigenvalue weighted by Gasteiger charge is 2.40. The normalized spacial score (nSPS) is 17.9. The summed E-state index contributed by atoms with van der Waals surface area (Å²) in [4.78, 5) is 39.5. The van der Waals surface area contributed by atoms with Crippen LogP contribution in [-0.2, 0) is 14.3 Å². The van der Waals surface area contributed by atoms with Crippen LogP contribution in [0.15, 0.2) is 59.5 Å². The molecule has 1 fully saturated rings. The Morgan fingerprint density at radius 3 is 2.52 bits per heavy atom. The van der Waals surface area contributed by atoms with Crippen LogP contribution in [0.25, 0.3) is 0 Å². The van der Waals surface area contributed by atoms with Gasteiger partial charge in [0.1, 0.15) is 0 Å². The number of hydrogen-bond acceptors (Lipinski definition) is 5. The predicted molar refractivity (Wildman–Crippen MR) is 105 cm³/mol. The molecule has 3 rings (SSSR count). The molecule has 5 nitrogen and oxygen atoms in total. The van der Waals surface area contributed by atoms with E-state index in [1.165, 1.54) is 16.7 Å². The summed E-state index contributed by atoms with van der Waals surface area (Å²) in [7, 11) is 0. The second-order valence-electron chi connectivity index (χ2n) is 6.33. The molecule has 27 heavy (non-hydrogen) atoms. The molecule has 6 heteroatoms. The van der Waals surface area contributed by atoms with Gasteiger partial charge in [0, 0.05) is 11.3 Å². The van der Waals surface area contributed by atoms with E-state index in [9.17, 15) is 14.4 Å². The lowest BCUT2D eigenvalue weighted by Crippen LogP contribution is -2.31. The number of thioether (sulfide) groups is 1. The van der Waals surface area contributed by atoms with E-state index in [-0.39, 0.29) is 24.3 Å². The second-order valence-corrected chi connectivity index (χ2v) is 7.58. The van der Waals surface area contributed by atoms with Crippen molar-refractivity contribution in [3.05, 3.63) is 60.2 Å². The fourth-order valence-electron chi connectivity index (χ4n) is 2.77. The third-order valence-corrected chi connectivity index (χ3v) is 5.64. The van der Waals surface area contributed by atoms with Crippen LogP contribution in [0.1, 0.15) is 37.0 Å². The summed E-state index contributed by atoms with van der Waals surface area (Å²) in [5, 5.41) is -0.560. The summed E-state index contributed by atoms with van der Waals surface area (Å²) >= 11 is 1.24. The molecule has 0 saturated carbocycles. The molecule has 1 aliphatic heterocycles. The first-order chi connectivity index (χ1) is 13.0. The molecule has 0 radical (unpaired) electrons. The first-order valence-electron chi connectivity index (χ1n) is 8.89. The average molecular weight is 383 g/mol. The number of ether oxygens (including phenoxy) is 1. The summed E-state index contributed by atoms with van der Waals surface area (Å²) in [6.45, 7) is 3.78. The van der Waals surface area contributed by atoms with E-state index in [0.29, 0.717) is 16.1 Å². The third-order valence-electron chi connectivity index (χ3n) is 4.38. The summed E-state index contributed by atoms with van der Waals surface area (Å²) in [6, 6.07) is 15.9. The number of esters is 1. The number of imide groups is 1. The lowest BCUT2D eigenvalue weighted by atomic mass is 10.2. The molecular weight excluding hydrogens is 362 g/mol. The van der Waals surface area contributed by atoms with Crippen molar-refractivity contribution >= 4 is 35.2 Å². The van der Waals surface area contributed by atoms with E-state index in [2.05, 4.69) is 0 Å². The lowest BCUT2D eigenvalue weighted by molar-refractivity contribution is -0.121. The lowest BCUT2D eigenvalue weighted by Gasteiger charge is -2.16. The maximum Gasteiger partial charge on any atom is 0.339 e. The van der Waals surface area contributed by atoms with Gasteiger partial charge >= 0.3 is 5.97 Å². The van der Waals surface area contributed by atoms with Crippen molar-refractivity contribution in [2.75, 3.05) is 4.90 Å². The third kappa shape index (κ3) is 4.22. The Balaban J connectivity index is 1.79. The van der Waals surface area contributed by atoms with Crippen molar-refractivity contribution in [3.63, 3.8) is 0 Å². The Bertz CT molecular complexity index is 852. The van der Waals surface area contributed by atoms with E-state index in [1.54, 1.807) is 48.5 Å². The first-order valence-corrected chi connectivity index (χ1v) is 9.77. The van der Waals surface area contributed by atoms with Gasteiger partial charge in [-0.1, -0.05) is 37.3 Å². The molecule has 0 spiro atoms. The maximum atomic E-state index is 12.8. The molecule has 1 saturated heterocycles. The Morgan fingerprint density at radius 2 is 1.81 bits per heavy atom. The number of rotatable bonds is 6. The standard InChI is InChI=1S/C21H21NO4S/c1-3-14(2)26-21(25)16-11-7-8-12-17(16)27-18-13-19(23)22(20(18)24)15-9-5-4-6-10-15/h4-12,14,18H,3,13H2,1-2H3. The number of para-hydroxylation sites is 1. The fraction of sp³-hybridized carbons (Fsp3) is 0.286. The second kappa shape index (κ2) is 8.39. The van der Waals surface area contributed by atoms with Crippen LogP contribution in [0, 0.1) is 0 Å². The molecule has 0 N–H and O–H groups in total. The molecule has 2 aromatic rings. The number of nitrogens with zero attached hydrogens (tertiary/aromatic N) is 1. The minimum Gasteiger partial charge on any atom is -0.459 e. The number of benzene rings is 2. The predicted octanol–water partition coefficient (Wildman–Crippen LogP) is 4.07. The highest BCUT2D eigenvalue weighted by atomic mass is 32.2. The Kier molecular flexibility index (Phi) is 5.96. The zero-order valence-electron chi connectivity index (χ0n) is 15.3. The molecule has 0 aromatic heterocycles. The number of hydrogen-bond donors (Lipinski definition) is 0. The quantitative estimate of drug-likeness (QED) is 0.556. The van der Waals surface area contributed by atoms with E-state index in [0.717, 1.165) is 6.42 Å². The van der Waals surface area contributed by atoms with Gasteiger partial charge in [0.05, 0.1) is 22.6 Å². The van der Waals surface area contributed by atoms with Crippen LogP contribution in [0.4, 0.5) is 5.69 Å². The highest BCUT2D eigenvalue weighted by Crippen LogP contribution is 2.35. The molecule has 2 aromatic carbocycles. The van der Waals surface area contributed by atoms with Gasteiger partial charge in [-0.25, -0.2) is 9.69 Å². The molecule has 2 atom stereocenters. The van der Waals surface area contributed by atoms with Gasteiger partial charge in [-0.2, -0.15) is 0 Å². The molecule has 140 valence electrons. The topological polar surface area (TPSA) is 63.7 Å². The summed E-state index contributed by atoms with van der Waals surface area (Å²) < 4.78 is 5.41. The highest BCUT2D eigenvalue weighted by molar-refractivity contribution is 8.00. The van der Waals surface area contributed by atoms with Crippen LogP contribution in [0.3, 0.4) is 0 Å². The minimum absolute atomic E-state index is 0.104. The summed E-state index contributed by atoms with van der Waals surface area (Å²) in [5.41, 5.74) is 0.987. The van der Waals surface area contributed by atoms with Crippen molar-refractivity contribution in [3.8, 4) is 0 Å². The smallest absolute Gasteiger partial charge is 0.339 e. The van der Waals surface area contributed by atoms with Crippen molar-refractivity contribution in [1.82, 2.24) is 0 Å². The molecule has 0 aliphatic carbocycles. The number of anilines is 1. The van der Waals surface area contributed by atoms with Gasteiger partial charge in [-0.15, -0.1) is 11.8 Å². The molecule has 2 unspecified atom stereocenters. The van der Waals surface area contributed by atoms with Crippen molar-refractivity contribution in [1.29, 1.82) is 0 Å². The Morgan fingerprint density at radius 1 is 1.15 bits per heavy atom. The summed E-state index contributed by atoms with van der Waals surface area (Å²) in [5.74, 6) is -0.909. The number of amides is 2. The SMILES string of the molecule is CCC(C)OC(=O)c1ccccc1SC1CC(=O)N(c2ccccc2)C1=O.